The first-order valence-electron chi connectivity index (χ1n) is 5.96. The average molecular weight is 333 g/mol. The summed E-state index contributed by atoms with van der Waals surface area (Å²) in [5.41, 5.74) is 6.14. The Labute approximate surface area is 116 Å². The molecule has 100 valence electrons. The van der Waals surface area contributed by atoms with Crippen molar-refractivity contribution >= 4 is 31.6 Å². The van der Waals surface area contributed by atoms with E-state index in [-0.39, 0.29) is 10.9 Å². The molecule has 3 N–H and O–H groups in total. The Hall–Kier alpha value is -0.590. The standard InChI is InChI=1S/C12H17BrN2O2S/c1-8-2-4-10(6-8)15-18(16,17)12-5-3-9(14)7-11(12)13/h3,5,7-8,10,15H,2,4,6,14H2,1H3. The van der Waals surface area contributed by atoms with E-state index in [1.54, 1.807) is 12.1 Å². The normalized spacial score (nSPS) is 24.3. The number of benzene rings is 1. The summed E-state index contributed by atoms with van der Waals surface area (Å²) < 4.78 is 27.8. The quantitative estimate of drug-likeness (QED) is 0.835. The molecule has 4 nitrogen and oxygen atoms in total. The number of sulfonamides is 1. The van der Waals surface area contributed by atoms with Crippen LogP contribution in [0, 0.1) is 5.92 Å². The van der Waals surface area contributed by atoms with Crippen LogP contribution in [0.1, 0.15) is 26.2 Å². The van der Waals surface area contributed by atoms with E-state index in [0.29, 0.717) is 16.1 Å². The lowest BCUT2D eigenvalue weighted by molar-refractivity contribution is 0.538. The monoisotopic (exact) mass is 332 g/mol. The minimum atomic E-state index is -3.47. The van der Waals surface area contributed by atoms with Gasteiger partial charge in [-0.3, -0.25) is 0 Å². The van der Waals surface area contributed by atoms with Gasteiger partial charge >= 0.3 is 0 Å². The van der Waals surface area contributed by atoms with Crippen LogP contribution in [0.2, 0.25) is 0 Å². The van der Waals surface area contributed by atoms with Crippen molar-refractivity contribution in [2.45, 2.75) is 37.1 Å². The number of hydrogen-bond donors (Lipinski definition) is 2. The number of nitrogens with one attached hydrogen (secondary N) is 1. The van der Waals surface area contributed by atoms with E-state index in [2.05, 4.69) is 27.6 Å². The van der Waals surface area contributed by atoms with Crippen molar-refractivity contribution in [1.29, 1.82) is 0 Å². The third-order valence-electron chi connectivity index (χ3n) is 3.26. The molecule has 0 amide bonds. The molecule has 2 unspecified atom stereocenters. The molecular weight excluding hydrogens is 316 g/mol. The van der Waals surface area contributed by atoms with Crippen LogP contribution in [-0.2, 0) is 10.0 Å². The van der Waals surface area contributed by atoms with Gasteiger partial charge in [0.15, 0.2) is 0 Å². The SMILES string of the molecule is CC1CCC(NS(=O)(=O)c2ccc(N)cc2Br)C1. The zero-order valence-corrected chi connectivity index (χ0v) is 12.6. The number of nitrogens with two attached hydrogens (primary N) is 1. The molecule has 1 aromatic carbocycles. The van der Waals surface area contributed by atoms with Crippen LogP contribution in [-0.4, -0.2) is 14.5 Å². The molecule has 2 atom stereocenters. The fourth-order valence-electron chi connectivity index (χ4n) is 2.33. The second-order valence-electron chi connectivity index (χ2n) is 4.93. The van der Waals surface area contributed by atoms with Gasteiger partial charge in [0.05, 0.1) is 4.90 Å². The van der Waals surface area contributed by atoms with E-state index >= 15 is 0 Å². The van der Waals surface area contributed by atoms with Crippen LogP contribution in [0.5, 0.6) is 0 Å². The molecular formula is C12H17BrN2O2S. The lowest BCUT2D eigenvalue weighted by Gasteiger charge is -2.14. The Balaban J connectivity index is 2.20. The molecule has 0 aliphatic heterocycles. The van der Waals surface area contributed by atoms with E-state index in [1.807, 2.05) is 0 Å². The first-order valence-corrected chi connectivity index (χ1v) is 8.23. The van der Waals surface area contributed by atoms with E-state index in [0.717, 1.165) is 19.3 Å². The number of halogens is 1. The largest absolute Gasteiger partial charge is 0.399 e. The Morgan fingerprint density at radius 1 is 1.39 bits per heavy atom. The van der Waals surface area contributed by atoms with Crippen molar-refractivity contribution in [2.24, 2.45) is 5.92 Å². The lowest BCUT2D eigenvalue weighted by atomic mass is 10.1. The highest BCUT2D eigenvalue weighted by Crippen LogP contribution is 2.28. The lowest BCUT2D eigenvalue weighted by Crippen LogP contribution is -2.33. The van der Waals surface area contributed by atoms with Crippen LogP contribution < -0.4 is 10.5 Å². The summed E-state index contributed by atoms with van der Waals surface area (Å²) in [6.07, 6.45) is 2.90. The number of hydrogen-bond acceptors (Lipinski definition) is 3. The minimum absolute atomic E-state index is 0.0504. The zero-order valence-electron chi connectivity index (χ0n) is 10.2. The van der Waals surface area contributed by atoms with Gasteiger partial charge in [-0.25, -0.2) is 13.1 Å². The van der Waals surface area contributed by atoms with Gasteiger partial charge in [0.25, 0.3) is 0 Å². The van der Waals surface area contributed by atoms with Gasteiger partial charge in [0.1, 0.15) is 0 Å². The molecule has 1 saturated carbocycles. The highest BCUT2D eigenvalue weighted by Gasteiger charge is 2.27. The predicted octanol–water partition coefficient (Wildman–Crippen LogP) is 2.50. The molecule has 2 rings (SSSR count). The van der Waals surface area contributed by atoms with E-state index in [1.165, 1.54) is 6.07 Å². The summed E-state index contributed by atoms with van der Waals surface area (Å²) in [6.45, 7) is 2.15. The number of nitrogen functional groups attached to an aromatic ring is 1. The molecule has 0 aromatic heterocycles. The van der Waals surface area contributed by atoms with E-state index < -0.39 is 10.0 Å². The maximum Gasteiger partial charge on any atom is 0.241 e. The van der Waals surface area contributed by atoms with Crippen molar-refractivity contribution in [3.63, 3.8) is 0 Å². The van der Waals surface area contributed by atoms with Gasteiger partial charge in [-0.2, -0.15) is 0 Å². The summed E-state index contributed by atoms with van der Waals surface area (Å²) in [4.78, 5) is 0.247. The van der Waals surface area contributed by atoms with E-state index in [4.69, 9.17) is 5.73 Å². The zero-order chi connectivity index (χ0) is 13.3. The Bertz CT molecular complexity index is 545. The fraction of sp³-hybridized carbons (Fsp3) is 0.500. The van der Waals surface area contributed by atoms with Crippen LogP contribution >= 0.6 is 15.9 Å². The van der Waals surface area contributed by atoms with Gasteiger partial charge < -0.3 is 5.73 Å². The molecule has 0 radical (unpaired) electrons. The molecule has 6 heteroatoms. The molecule has 0 spiro atoms. The van der Waals surface area contributed by atoms with Crippen LogP contribution in [0.4, 0.5) is 5.69 Å². The first kappa shape index (κ1) is 13.8. The van der Waals surface area contributed by atoms with Crippen molar-refractivity contribution in [3.8, 4) is 0 Å². The van der Waals surface area contributed by atoms with Gasteiger partial charge in [0.2, 0.25) is 10.0 Å². The molecule has 0 bridgehead atoms. The average Bonchev–Trinajstić information content (AvgIpc) is 2.62. The van der Waals surface area contributed by atoms with Crippen LogP contribution in [0.25, 0.3) is 0 Å². The molecule has 0 heterocycles. The van der Waals surface area contributed by atoms with Gasteiger partial charge in [-0.1, -0.05) is 6.92 Å². The summed E-state index contributed by atoms with van der Waals surface area (Å²) in [7, 11) is -3.47. The Kier molecular flexibility index (Phi) is 3.99. The summed E-state index contributed by atoms with van der Waals surface area (Å²) in [6, 6.07) is 4.78. The maximum absolute atomic E-state index is 12.2. The smallest absolute Gasteiger partial charge is 0.241 e. The van der Waals surface area contributed by atoms with Crippen LogP contribution in [0.15, 0.2) is 27.6 Å². The molecule has 1 aliphatic rings. The maximum atomic E-state index is 12.2. The summed E-state index contributed by atoms with van der Waals surface area (Å²) in [5, 5.41) is 0. The Morgan fingerprint density at radius 2 is 2.11 bits per heavy atom. The van der Waals surface area contributed by atoms with Crippen LogP contribution in [0.3, 0.4) is 0 Å². The van der Waals surface area contributed by atoms with Gasteiger partial charge in [-0.15, -0.1) is 0 Å². The van der Waals surface area contributed by atoms with Crippen molar-refractivity contribution < 1.29 is 8.42 Å². The molecule has 1 aliphatic carbocycles. The third-order valence-corrected chi connectivity index (χ3v) is 5.76. The second-order valence-corrected chi connectivity index (χ2v) is 7.46. The van der Waals surface area contributed by atoms with Gasteiger partial charge in [-0.05, 0) is 59.3 Å². The minimum Gasteiger partial charge on any atom is -0.399 e. The molecule has 18 heavy (non-hydrogen) atoms. The van der Waals surface area contributed by atoms with Crippen molar-refractivity contribution in [1.82, 2.24) is 4.72 Å². The van der Waals surface area contributed by atoms with Gasteiger partial charge in [0, 0.05) is 16.2 Å². The highest BCUT2D eigenvalue weighted by molar-refractivity contribution is 9.10. The summed E-state index contributed by atoms with van der Waals surface area (Å²) in [5.74, 6) is 0.590. The fourth-order valence-corrected chi connectivity index (χ4v) is 4.71. The molecule has 0 saturated heterocycles. The molecule has 1 aromatic rings. The second kappa shape index (κ2) is 5.19. The molecule has 1 fully saturated rings. The first-order chi connectivity index (χ1) is 8.38. The number of rotatable bonds is 3. The highest BCUT2D eigenvalue weighted by atomic mass is 79.9. The topological polar surface area (TPSA) is 72.2 Å². The van der Waals surface area contributed by atoms with Crippen molar-refractivity contribution in [3.05, 3.63) is 22.7 Å². The van der Waals surface area contributed by atoms with E-state index in [9.17, 15) is 8.42 Å². The Morgan fingerprint density at radius 3 is 2.67 bits per heavy atom. The summed E-state index contributed by atoms with van der Waals surface area (Å²) >= 11 is 3.25. The third kappa shape index (κ3) is 3.05. The number of anilines is 1. The van der Waals surface area contributed by atoms with Crippen molar-refractivity contribution in [2.75, 3.05) is 5.73 Å². The predicted molar refractivity (Wildman–Crippen MR) is 75.7 cm³/mol.